The third-order valence-corrected chi connectivity index (χ3v) is 5.21. The smallest absolute Gasteiger partial charge is 0.417 e. The molecule has 11 heteroatoms. The largest absolute Gasteiger partial charge is 0.491 e. The Labute approximate surface area is 177 Å². The minimum absolute atomic E-state index is 0.0327. The van der Waals surface area contributed by atoms with E-state index in [1.54, 1.807) is 24.3 Å². The molecule has 0 bridgehead atoms. The van der Waals surface area contributed by atoms with E-state index in [-0.39, 0.29) is 11.8 Å². The molecule has 0 aliphatic carbocycles. The number of hydrogen-bond acceptors (Lipinski definition) is 4. The Morgan fingerprint density at radius 3 is 2.27 bits per heavy atom. The van der Waals surface area contributed by atoms with E-state index in [9.17, 15) is 26.4 Å². The summed E-state index contributed by atoms with van der Waals surface area (Å²) in [5.74, 6) is -0.150. The first-order valence-corrected chi connectivity index (χ1v) is 10.9. The molecule has 1 amide bonds. The van der Waals surface area contributed by atoms with Gasteiger partial charge in [-0.3, -0.25) is 9.10 Å². The van der Waals surface area contributed by atoms with Gasteiger partial charge in [0.2, 0.25) is 15.9 Å². The minimum Gasteiger partial charge on any atom is -0.491 e. The van der Waals surface area contributed by atoms with Crippen LogP contribution in [-0.4, -0.2) is 33.2 Å². The number of ether oxygens (including phenoxy) is 1. The van der Waals surface area contributed by atoms with Crippen LogP contribution in [0.2, 0.25) is 5.02 Å². The van der Waals surface area contributed by atoms with Gasteiger partial charge in [0.05, 0.1) is 28.6 Å². The topological polar surface area (TPSA) is 75.7 Å². The van der Waals surface area contributed by atoms with E-state index in [2.05, 4.69) is 5.32 Å². The van der Waals surface area contributed by atoms with E-state index in [0.717, 1.165) is 18.4 Å². The molecule has 164 valence electrons. The van der Waals surface area contributed by atoms with Crippen molar-refractivity contribution in [2.45, 2.75) is 26.1 Å². The first-order chi connectivity index (χ1) is 13.8. The zero-order valence-electron chi connectivity index (χ0n) is 16.3. The first kappa shape index (κ1) is 23.8. The Kier molecular flexibility index (Phi) is 7.25. The average Bonchev–Trinajstić information content (AvgIpc) is 2.60. The Morgan fingerprint density at radius 2 is 1.77 bits per heavy atom. The highest BCUT2D eigenvalue weighted by Gasteiger charge is 2.34. The second-order valence-electron chi connectivity index (χ2n) is 6.67. The molecule has 0 aliphatic rings. The number of sulfonamides is 1. The summed E-state index contributed by atoms with van der Waals surface area (Å²) in [6.07, 6.45) is -4.02. The fourth-order valence-electron chi connectivity index (χ4n) is 2.51. The van der Waals surface area contributed by atoms with E-state index in [1.165, 1.54) is 0 Å². The lowest BCUT2D eigenvalue weighted by Gasteiger charge is -2.23. The van der Waals surface area contributed by atoms with Gasteiger partial charge in [0.15, 0.2) is 0 Å². The lowest BCUT2D eigenvalue weighted by atomic mass is 10.2. The van der Waals surface area contributed by atoms with Crippen molar-refractivity contribution in [3.8, 4) is 5.75 Å². The maximum atomic E-state index is 13.1. The standard InChI is InChI=1S/C19H20ClF3N2O4S/c1-12(2)29-15-7-4-13(5-8-15)24-18(26)11-25(30(3,27)28)14-6-9-17(20)16(10-14)19(21,22)23/h4-10,12H,11H2,1-3H3,(H,24,26). The van der Waals surface area contributed by atoms with Crippen molar-refractivity contribution in [1.29, 1.82) is 0 Å². The molecule has 0 aliphatic heterocycles. The van der Waals surface area contributed by atoms with Gasteiger partial charge >= 0.3 is 6.18 Å². The fourth-order valence-corrected chi connectivity index (χ4v) is 3.58. The molecular weight excluding hydrogens is 445 g/mol. The second kappa shape index (κ2) is 9.13. The summed E-state index contributed by atoms with van der Waals surface area (Å²) < 4.78 is 69.6. The third kappa shape index (κ3) is 6.53. The van der Waals surface area contributed by atoms with Gasteiger partial charge in [-0.05, 0) is 56.3 Å². The number of nitrogens with one attached hydrogen (secondary N) is 1. The quantitative estimate of drug-likeness (QED) is 0.652. The molecule has 0 unspecified atom stereocenters. The Bertz CT molecular complexity index is 1010. The number of anilines is 2. The van der Waals surface area contributed by atoms with Crippen molar-refractivity contribution in [2.75, 3.05) is 22.4 Å². The number of hydrogen-bond donors (Lipinski definition) is 1. The van der Waals surface area contributed by atoms with Gasteiger partial charge in [-0.25, -0.2) is 8.42 Å². The maximum absolute atomic E-state index is 13.1. The number of benzene rings is 2. The fraction of sp³-hybridized carbons (Fsp3) is 0.316. The van der Waals surface area contributed by atoms with Crippen LogP contribution in [0.5, 0.6) is 5.75 Å². The predicted octanol–water partition coefficient (Wildman–Crippen LogP) is 4.55. The third-order valence-electron chi connectivity index (χ3n) is 3.74. The Hall–Kier alpha value is -2.46. The van der Waals surface area contributed by atoms with Crippen LogP contribution in [0, 0.1) is 0 Å². The summed E-state index contributed by atoms with van der Waals surface area (Å²) in [7, 11) is -4.06. The number of carbonyl (C=O) groups is 1. The van der Waals surface area contributed by atoms with Crippen LogP contribution in [-0.2, 0) is 21.0 Å². The maximum Gasteiger partial charge on any atom is 0.417 e. The van der Waals surface area contributed by atoms with Gasteiger partial charge in [0, 0.05) is 5.69 Å². The molecule has 2 rings (SSSR count). The van der Waals surface area contributed by atoms with Gasteiger partial charge in [-0.2, -0.15) is 13.2 Å². The zero-order valence-corrected chi connectivity index (χ0v) is 17.9. The molecule has 6 nitrogen and oxygen atoms in total. The number of carbonyl (C=O) groups excluding carboxylic acids is 1. The van der Waals surface area contributed by atoms with Crippen molar-refractivity contribution < 1.29 is 31.1 Å². The zero-order chi connectivity index (χ0) is 22.7. The van der Waals surface area contributed by atoms with E-state index in [4.69, 9.17) is 16.3 Å². The van der Waals surface area contributed by atoms with Gasteiger partial charge < -0.3 is 10.1 Å². The highest BCUT2D eigenvalue weighted by molar-refractivity contribution is 7.92. The van der Waals surface area contributed by atoms with Crippen molar-refractivity contribution in [3.05, 3.63) is 53.1 Å². The number of amides is 1. The molecule has 2 aromatic rings. The summed E-state index contributed by atoms with van der Waals surface area (Å²) in [6.45, 7) is 2.99. The van der Waals surface area contributed by atoms with Crippen LogP contribution < -0.4 is 14.4 Å². The van der Waals surface area contributed by atoms with E-state index in [1.807, 2.05) is 13.8 Å². The Morgan fingerprint density at radius 1 is 1.17 bits per heavy atom. The van der Waals surface area contributed by atoms with Crippen LogP contribution in [0.4, 0.5) is 24.5 Å². The second-order valence-corrected chi connectivity index (χ2v) is 8.98. The van der Waals surface area contributed by atoms with E-state index < -0.39 is 39.2 Å². The predicted molar refractivity (Wildman–Crippen MR) is 109 cm³/mol. The van der Waals surface area contributed by atoms with Crippen LogP contribution in [0.1, 0.15) is 19.4 Å². The van der Waals surface area contributed by atoms with Crippen LogP contribution in [0.3, 0.4) is 0 Å². The normalized spacial score (nSPS) is 12.0. The van der Waals surface area contributed by atoms with Crippen molar-refractivity contribution in [2.24, 2.45) is 0 Å². The number of nitrogens with zero attached hydrogens (tertiary/aromatic N) is 1. The SMILES string of the molecule is CC(C)Oc1ccc(NC(=O)CN(c2ccc(Cl)c(C(F)(F)F)c2)S(C)(=O)=O)cc1. The number of alkyl halides is 3. The van der Waals surface area contributed by atoms with Gasteiger partial charge in [-0.15, -0.1) is 0 Å². The van der Waals surface area contributed by atoms with Crippen LogP contribution in [0.15, 0.2) is 42.5 Å². The molecule has 0 saturated carbocycles. The van der Waals surface area contributed by atoms with Gasteiger partial charge in [0.1, 0.15) is 12.3 Å². The molecule has 30 heavy (non-hydrogen) atoms. The number of rotatable bonds is 7. The van der Waals surface area contributed by atoms with Crippen molar-refractivity contribution in [1.82, 2.24) is 0 Å². The van der Waals surface area contributed by atoms with Gasteiger partial charge in [0.25, 0.3) is 0 Å². The molecule has 0 radical (unpaired) electrons. The molecule has 2 aromatic carbocycles. The number of halogens is 4. The summed E-state index contributed by atoms with van der Waals surface area (Å²) in [5, 5.41) is 1.93. The minimum atomic E-state index is -4.78. The molecule has 0 spiro atoms. The molecule has 0 atom stereocenters. The molecular formula is C19H20ClF3N2O4S. The summed E-state index contributed by atoms with van der Waals surface area (Å²) in [6, 6.07) is 8.99. The van der Waals surface area contributed by atoms with Crippen LogP contribution >= 0.6 is 11.6 Å². The highest BCUT2D eigenvalue weighted by Crippen LogP contribution is 2.37. The van der Waals surface area contributed by atoms with Crippen LogP contribution in [0.25, 0.3) is 0 Å². The van der Waals surface area contributed by atoms with Crippen molar-refractivity contribution >= 4 is 38.9 Å². The van der Waals surface area contributed by atoms with Crippen molar-refractivity contribution in [3.63, 3.8) is 0 Å². The van der Waals surface area contributed by atoms with E-state index in [0.29, 0.717) is 21.8 Å². The van der Waals surface area contributed by atoms with Gasteiger partial charge in [-0.1, -0.05) is 11.6 Å². The monoisotopic (exact) mass is 464 g/mol. The molecule has 0 fully saturated rings. The van der Waals surface area contributed by atoms with E-state index >= 15 is 0 Å². The highest BCUT2D eigenvalue weighted by atomic mass is 35.5. The molecule has 0 heterocycles. The lowest BCUT2D eigenvalue weighted by molar-refractivity contribution is -0.137. The average molecular weight is 465 g/mol. The lowest BCUT2D eigenvalue weighted by Crippen LogP contribution is -2.37. The molecule has 0 aromatic heterocycles. The summed E-state index contributed by atoms with van der Waals surface area (Å²) in [4.78, 5) is 12.4. The Balaban J connectivity index is 2.23. The molecule has 1 N–H and O–H groups in total. The summed E-state index contributed by atoms with van der Waals surface area (Å²) in [5.41, 5.74) is -1.15. The summed E-state index contributed by atoms with van der Waals surface area (Å²) >= 11 is 5.58. The molecule has 0 saturated heterocycles. The first-order valence-electron chi connectivity index (χ1n) is 8.68.